The smallest absolute Gasteiger partial charge is 0.103 e. The fourth-order valence-corrected chi connectivity index (χ4v) is 5.97. The van der Waals surface area contributed by atoms with E-state index in [-0.39, 0.29) is 0 Å². The van der Waals surface area contributed by atoms with Gasteiger partial charge in [-0.3, -0.25) is 0 Å². The van der Waals surface area contributed by atoms with E-state index in [9.17, 15) is 5.11 Å². The molecule has 172 valence electrons. The van der Waals surface area contributed by atoms with Crippen LogP contribution in [0.2, 0.25) is 5.02 Å². The number of halogens is 1. The van der Waals surface area contributed by atoms with Gasteiger partial charge in [-0.15, -0.1) is 0 Å². The second-order valence-corrected chi connectivity index (χ2v) is 10.4. The number of benzene rings is 1. The molecule has 0 fully saturated rings. The topological polar surface area (TPSA) is 25.2 Å². The quantitative estimate of drug-likeness (QED) is 0.468. The highest BCUT2D eigenvalue weighted by Gasteiger charge is 2.27. The average molecular weight is 452 g/mol. The Hall–Kier alpha value is -1.77. The third-order valence-corrected chi connectivity index (χ3v) is 7.64. The number of rotatable bonds is 6. The number of allylic oxidation sites excluding steroid dienone is 5. The average Bonchev–Trinajstić information content (AvgIpc) is 3.02. The first-order valence-corrected chi connectivity index (χ1v) is 12.9. The number of aryl methyl sites for hydroxylation is 1. The zero-order chi connectivity index (χ0) is 22.8. The normalized spacial score (nSPS) is 22.5. The van der Waals surface area contributed by atoms with Crippen LogP contribution >= 0.6 is 11.6 Å². The van der Waals surface area contributed by atoms with Gasteiger partial charge >= 0.3 is 0 Å². The zero-order valence-electron chi connectivity index (χ0n) is 20.1. The minimum absolute atomic E-state index is 0.604. The van der Waals surface area contributed by atoms with Crippen LogP contribution in [0.3, 0.4) is 0 Å². The van der Waals surface area contributed by atoms with Gasteiger partial charge in [0.25, 0.3) is 0 Å². The van der Waals surface area contributed by atoms with Crippen molar-refractivity contribution >= 4 is 22.5 Å². The molecule has 1 N–H and O–H groups in total. The van der Waals surface area contributed by atoms with Crippen LogP contribution in [0.4, 0.5) is 0 Å². The maximum absolute atomic E-state index is 11.9. The molecule has 2 nitrogen and oxygen atoms in total. The van der Waals surface area contributed by atoms with Gasteiger partial charge in [0.05, 0.1) is 0 Å². The van der Waals surface area contributed by atoms with Gasteiger partial charge in [0.15, 0.2) is 0 Å². The molecule has 0 aliphatic heterocycles. The summed E-state index contributed by atoms with van der Waals surface area (Å²) in [5, 5.41) is 13.7. The minimum Gasteiger partial charge on any atom is -0.384 e. The Kier molecular flexibility index (Phi) is 7.32. The summed E-state index contributed by atoms with van der Waals surface area (Å²) >= 11 is 6.41. The standard InChI is InChI=1S/C29H38ClNO/c1-5-7-21-9-11-22-15-19(3)8-10-23(22)17-24(16-21)29(32)28-20(4)31(14-6-2)27-13-12-25(30)18-26(27)28/h8,10,12-13,17-19,21,29,32H,5-7,9,11,14-16H2,1-4H3. The van der Waals surface area contributed by atoms with E-state index >= 15 is 0 Å². The molecule has 1 heterocycles. The molecule has 0 amide bonds. The van der Waals surface area contributed by atoms with E-state index in [4.69, 9.17) is 11.6 Å². The highest BCUT2D eigenvalue weighted by Crippen LogP contribution is 2.42. The predicted molar refractivity (Wildman–Crippen MR) is 137 cm³/mol. The maximum Gasteiger partial charge on any atom is 0.103 e. The summed E-state index contributed by atoms with van der Waals surface area (Å²) < 4.78 is 2.35. The van der Waals surface area contributed by atoms with E-state index in [2.05, 4.69) is 56.6 Å². The summed E-state index contributed by atoms with van der Waals surface area (Å²) in [6, 6.07) is 6.10. The second kappa shape index (κ2) is 10.0. The molecule has 3 atom stereocenters. The van der Waals surface area contributed by atoms with E-state index in [1.54, 1.807) is 5.57 Å². The van der Waals surface area contributed by atoms with Crippen LogP contribution in [0.1, 0.15) is 83.1 Å². The van der Waals surface area contributed by atoms with Crippen LogP contribution in [0.15, 0.2) is 53.1 Å². The van der Waals surface area contributed by atoms with Gasteiger partial charge < -0.3 is 9.67 Å². The lowest BCUT2D eigenvalue weighted by Gasteiger charge is -2.28. The van der Waals surface area contributed by atoms with Crippen molar-refractivity contribution in [2.24, 2.45) is 11.8 Å². The fraction of sp³-hybridized carbons (Fsp3) is 0.517. The highest BCUT2D eigenvalue weighted by molar-refractivity contribution is 6.31. The zero-order valence-corrected chi connectivity index (χ0v) is 20.9. The molecule has 3 heteroatoms. The summed E-state index contributed by atoms with van der Waals surface area (Å²) in [7, 11) is 0. The molecule has 32 heavy (non-hydrogen) atoms. The predicted octanol–water partition coefficient (Wildman–Crippen LogP) is 8.47. The van der Waals surface area contributed by atoms with Crippen molar-refractivity contribution in [2.75, 3.05) is 0 Å². The van der Waals surface area contributed by atoms with Crippen molar-refractivity contribution in [3.8, 4) is 0 Å². The molecule has 2 aliphatic rings. The Balaban J connectivity index is 1.83. The Labute approximate surface area is 198 Å². The van der Waals surface area contributed by atoms with Gasteiger partial charge in [0.2, 0.25) is 0 Å². The third kappa shape index (κ3) is 4.63. The molecule has 1 aromatic heterocycles. The van der Waals surface area contributed by atoms with E-state index in [0.29, 0.717) is 11.8 Å². The molecular weight excluding hydrogens is 414 g/mol. The lowest BCUT2D eigenvalue weighted by Crippen LogP contribution is -2.14. The molecule has 0 saturated carbocycles. The Morgan fingerprint density at radius 1 is 1.19 bits per heavy atom. The SMILES string of the molecule is CCCC1CCC2=C(C=CC(C)C2)C=C(C(O)c2c(C)n(CCC)c3ccc(Cl)cc23)C1. The minimum atomic E-state index is -0.604. The van der Waals surface area contributed by atoms with Crippen molar-refractivity contribution < 1.29 is 5.11 Å². The summed E-state index contributed by atoms with van der Waals surface area (Å²) in [4.78, 5) is 0. The Morgan fingerprint density at radius 3 is 2.75 bits per heavy atom. The molecular formula is C29H38ClNO. The maximum atomic E-state index is 11.9. The number of nitrogens with zero attached hydrogens (tertiary/aromatic N) is 1. The lowest BCUT2D eigenvalue weighted by atomic mass is 9.78. The molecule has 1 aromatic carbocycles. The first kappa shape index (κ1) is 23.4. The van der Waals surface area contributed by atoms with Crippen LogP contribution in [0.5, 0.6) is 0 Å². The summed E-state index contributed by atoms with van der Waals surface area (Å²) in [6.07, 6.45) is 14.3. The van der Waals surface area contributed by atoms with Crippen LogP contribution in [-0.4, -0.2) is 9.67 Å². The van der Waals surface area contributed by atoms with Crippen molar-refractivity contribution in [3.05, 3.63) is 69.4 Å². The largest absolute Gasteiger partial charge is 0.384 e. The molecule has 0 saturated heterocycles. The molecule has 0 radical (unpaired) electrons. The van der Waals surface area contributed by atoms with E-state index in [1.807, 2.05) is 12.1 Å². The number of hydrogen-bond donors (Lipinski definition) is 1. The first-order chi connectivity index (χ1) is 15.4. The van der Waals surface area contributed by atoms with Crippen molar-refractivity contribution in [3.63, 3.8) is 0 Å². The second-order valence-electron chi connectivity index (χ2n) is 9.93. The fourth-order valence-electron chi connectivity index (χ4n) is 5.80. The summed E-state index contributed by atoms with van der Waals surface area (Å²) in [6.45, 7) is 9.89. The van der Waals surface area contributed by atoms with Gasteiger partial charge in [-0.1, -0.05) is 69.0 Å². The van der Waals surface area contributed by atoms with Crippen molar-refractivity contribution in [2.45, 2.75) is 85.3 Å². The molecule has 2 aromatic rings. The number of aliphatic hydroxyl groups excluding tert-OH is 1. The lowest BCUT2D eigenvalue weighted by molar-refractivity contribution is 0.204. The van der Waals surface area contributed by atoms with E-state index < -0.39 is 6.10 Å². The van der Waals surface area contributed by atoms with E-state index in [0.717, 1.165) is 53.0 Å². The monoisotopic (exact) mass is 451 g/mol. The first-order valence-electron chi connectivity index (χ1n) is 12.5. The molecule has 0 spiro atoms. The Bertz CT molecular complexity index is 1070. The van der Waals surface area contributed by atoms with E-state index in [1.165, 1.54) is 36.8 Å². The van der Waals surface area contributed by atoms with Gasteiger partial charge in [-0.05, 0) is 80.2 Å². The van der Waals surface area contributed by atoms with Crippen LogP contribution in [-0.2, 0) is 6.54 Å². The third-order valence-electron chi connectivity index (χ3n) is 7.40. The molecule has 0 bridgehead atoms. The number of aromatic nitrogens is 1. The summed E-state index contributed by atoms with van der Waals surface area (Å²) in [5.74, 6) is 1.24. The van der Waals surface area contributed by atoms with Crippen LogP contribution < -0.4 is 0 Å². The number of fused-ring (bicyclic) bond motifs is 1. The summed E-state index contributed by atoms with van der Waals surface area (Å²) in [5.41, 5.74) is 7.43. The molecule has 4 rings (SSSR count). The van der Waals surface area contributed by atoms with Gasteiger partial charge in [-0.2, -0.15) is 0 Å². The van der Waals surface area contributed by atoms with Crippen molar-refractivity contribution in [1.82, 2.24) is 4.57 Å². The van der Waals surface area contributed by atoms with Gasteiger partial charge in [0.1, 0.15) is 6.10 Å². The molecule has 3 unspecified atom stereocenters. The van der Waals surface area contributed by atoms with Gasteiger partial charge in [-0.25, -0.2) is 0 Å². The van der Waals surface area contributed by atoms with Gasteiger partial charge in [0, 0.05) is 33.7 Å². The number of hydrogen-bond acceptors (Lipinski definition) is 1. The van der Waals surface area contributed by atoms with Crippen molar-refractivity contribution in [1.29, 1.82) is 0 Å². The molecule has 2 aliphatic carbocycles. The Morgan fingerprint density at radius 2 is 2.00 bits per heavy atom. The van der Waals surface area contributed by atoms with Crippen LogP contribution in [0, 0.1) is 18.8 Å². The number of aliphatic hydroxyl groups is 1. The van der Waals surface area contributed by atoms with Crippen LogP contribution in [0.25, 0.3) is 10.9 Å². The highest BCUT2D eigenvalue weighted by atomic mass is 35.5.